The van der Waals surface area contributed by atoms with Crippen LogP contribution in [0.3, 0.4) is 0 Å². The molecule has 1 N–H and O–H groups in total. The molecule has 0 spiro atoms. The highest BCUT2D eigenvalue weighted by Gasteiger charge is 2.05. The molecule has 0 saturated carbocycles. The van der Waals surface area contributed by atoms with Gasteiger partial charge in [-0.15, -0.1) is 0 Å². The van der Waals surface area contributed by atoms with Gasteiger partial charge in [-0.05, 0) is 18.9 Å². The van der Waals surface area contributed by atoms with Gasteiger partial charge in [-0.25, -0.2) is 0 Å². The van der Waals surface area contributed by atoms with E-state index in [1.165, 1.54) is 6.20 Å². The zero-order chi connectivity index (χ0) is 12.4. The molecule has 1 aromatic heterocycles. The van der Waals surface area contributed by atoms with E-state index in [0.29, 0.717) is 5.56 Å². The van der Waals surface area contributed by atoms with Crippen LogP contribution in [0.4, 0.5) is 0 Å². The van der Waals surface area contributed by atoms with Crippen LogP contribution in [0.25, 0.3) is 5.57 Å². The molecule has 0 atom stereocenters. The SMILES string of the molecule is C/C=C\C(=C/CC)c1[nH]ncc1C=O.CC. The highest BCUT2D eigenvalue weighted by Crippen LogP contribution is 2.17. The van der Waals surface area contributed by atoms with Crippen molar-refractivity contribution >= 4 is 11.9 Å². The van der Waals surface area contributed by atoms with Crippen molar-refractivity contribution in [2.24, 2.45) is 0 Å². The molecule has 0 fully saturated rings. The molecule has 1 aromatic rings. The Bertz CT molecular complexity index is 362. The number of hydrogen-bond acceptors (Lipinski definition) is 2. The molecule has 0 unspecified atom stereocenters. The summed E-state index contributed by atoms with van der Waals surface area (Å²) in [4.78, 5) is 10.7. The first-order valence-corrected chi connectivity index (χ1v) is 5.65. The number of aromatic amines is 1. The summed E-state index contributed by atoms with van der Waals surface area (Å²) in [7, 11) is 0. The summed E-state index contributed by atoms with van der Waals surface area (Å²) >= 11 is 0. The number of hydrogen-bond donors (Lipinski definition) is 1. The van der Waals surface area contributed by atoms with Gasteiger partial charge in [-0.1, -0.05) is 39.0 Å². The largest absolute Gasteiger partial charge is 0.298 e. The molecule has 1 rings (SSSR count). The zero-order valence-electron chi connectivity index (χ0n) is 10.4. The van der Waals surface area contributed by atoms with E-state index < -0.39 is 0 Å². The second-order valence-electron chi connectivity index (χ2n) is 2.89. The summed E-state index contributed by atoms with van der Waals surface area (Å²) in [6, 6.07) is 0. The number of H-pyrrole nitrogens is 1. The van der Waals surface area contributed by atoms with Crippen LogP contribution in [0.15, 0.2) is 24.4 Å². The first-order valence-electron chi connectivity index (χ1n) is 5.65. The van der Waals surface area contributed by atoms with Crippen LogP contribution in [0.5, 0.6) is 0 Å². The Kier molecular flexibility index (Phi) is 7.76. The minimum absolute atomic E-state index is 0.600. The number of allylic oxidation sites excluding steroid dienone is 4. The summed E-state index contributed by atoms with van der Waals surface area (Å²) in [5.41, 5.74) is 2.40. The number of nitrogens with zero attached hydrogens (tertiary/aromatic N) is 1. The number of nitrogens with one attached hydrogen (secondary N) is 1. The molecule has 0 saturated heterocycles. The van der Waals surface area contributed by atoms with Gasteiger partial charge < -0.3 is 0 Å². The molecule has 3 nitrogen and oxygen atoms in total. The lowest BCUT2D eigenvalue weighted by atomic mass is 10.1. The maximum absolute atomic E-state index is 10.7. The van der Waals surface area contributed by atoms with E-state index in [1.807, 2.05) is 32.9 Å². The maximum Gasteiger partial charge on any atom is 0.153 e. The van der Waals surface area contributed by atoms with Gasteiger partial charge in [0.05, 0.1) is 17.5 Å². The summed E-state index contributed by atoms with van der Waals surface area (Å²) in [6.45, 7) is 8.00. The second-order valence-corrected chi connectivity index (χ2v) is 2.89. The number of carbonyl (C=O) groups excluding carboxylic acids is 1. The van der Waals surface area contributed by atoms with Crippen LogP contribution in [-0.2, 0) is 0 Å². The summed E-state index contributed by atoms with van der Waals surface area (Å²) in [6.07, 6.45) is 9.24. The molecular weight excluding hydrogens is 200 g/mol. The predicted molar refractivity (Wildman–Crippen MR) is 68.4 cm³/mol. The lowest BCUT2D eigenvalue weighted by Crippen LogP contribution is -1.87. The van der Waals surface area contributed by atoms with Gasteiger partial charge in [0.2, 0.25) is 0 Å². The van der Waals surface area contributed by atoms with Crippen LogP contribution < -0.4 is 0 Å². The van der Waals surface area contributed by atoms with Crippen LogP contribution >= 0.6 is 0 Å². The molecule has 0 aliphatic heterocycles. The second kappa shape index (κ2) is 8.65. The number of aldehydes is 1. The Morgan fingerprint density at radius 1 is 1.50 bits per heavy atom. The van der Waals surface area contributed by atoms with Gasteiger partial charge in [-0.2, -0.15) is 5.10 Å². The smallest absolute Gasteiger partial charge is 0.153 e. The maximum atomic E-state index is 10.7. The van der Waals surface area contributed by atoms with E-state index in [9.17, 15) is 4.79 Å². The van der Waals surface area contributed by atoms with Gasteiger partial charge in [0.15, 0.2) is 6.29 Å². The lowest BCUT2D eigenvalue weighted by Gasteiger charge is -1.98. The van der Waals surface area contributed by atoms with Gasteiger partial charge in [0, 0.05) is 0 Å². The predicted octanol–water partition coefficient (Wildman–Crippen LogP) is 3.62. The molecule has 0 aliphatic rings. The average molecular weight is 220 g/mol. The molecule has 88 valence electrons. The van der Waals surface area contributed by atoms with Crippen molar-refractivity contribution in [3.8, 4) is 0 Å². The Morgan fingerprint density at radius 2 is 2.19 bits per heavy atom. The Balaban J connectivity index is 0.00000106. The first kappa shape index (κ1) is 14.4. The third kappa shape index (κ3) is 3.85. The molecule has 0 aliphatic carbocycles. The van der Waals surface area contributed by atoms with Gasteiger partial charge in [0.1, 0.15) is 0 Å². The topological polar surface area (TPSA) is 45.8 Å². The fourth-order valence-electron chi connectivity index (χ4n) is 1.27. The monoisotopic (exact) mass is 220 g/mol. The normalized spacial score (nSPS) is 11.1. The zero-order valence-corrected chi connectivity index (χ0v) is 10.4. The van der Waals surface area contributed by atoms with Gasteiger partial charge in [0.25, 0.3) is 0 Å². The van der Waals surface area contributed by atoms with E-state index in [-0.39, 0.29) is 0 Å². The van der Waals surface area contributed by atoms with Gasteiger partial charge in [-0.3, -0.25) is 9.89 Å². The highest BCUT2D eigenvalue weighted by atomic mass is 16.1. The Hall–Kier alpha value is -1.64. The Morgan fingerprint density at radius 3 is 2.69 bits per heavy atom. The van der Waals surface area contributed by atoms with Crippen molar-refractivity contribution < 1.29 is 4.79 Å². The van der Waals surface area contributed by atoms with Gasteiger partial charge >= 0.3 is 0 Å². The Labute approximate surface area is 97.3 Å². The number of aromatic nitrogens is 2. The third-order valence-corrected chi connectivity index (χ3v) is 1.85. The standard InChI is InChI=1S/C11H14N2O.C2H6/c1-3-5-9(6-4-2)11-10(8-14)7-12-13-11;1-2/h3,5-8H,4H2,1-2H3,(H,12,13);1-2H3/b5-3-,9-6+;. The van der Waals surface area contributed by atoms with Crippen molar-refractivity contribution in [3.05, 3.63) is 35.7 Å². The fourth-order valence-corrected chi connectivity index (χ4v) is 1.27. The van der Waals surface area contributed by atoms with Crippen LogP contribution in [0, 0.1) is 0 Å². The van der Waals surface area contributed by atoms with Crippen molar-refractivity contribution in [1.82, 2.24) is 10.2 Å². The number of rotatable bonds is 4. The first-order chi connectivity index (χ1) is 7.83. The minimum Gasteiger partial charge on any atom is -0.298 e. The molecular formula is C13H20N2O. The van der Waals surface area contributed by atoms with E-state index in [0.717, 1.165) is 24.0 Å². The molecule has 0 amide bonds. The fraction of sp³-hybridized carbons (Fsp3) is 0.385. The average Bonchev–Trinajstić information content (AvgIpc) is 2.79. The van der Waals surface area contributed by atoms with E-state index in [4.69, 9.17) is 0 Å². The molecule has 3 heteroatoms. The lowest BCUT2D eigenvalue weighted by molar-refractivity contribution is 0.112. The summed E-state index contributed by atoms with van der Waals surface area (Å²) in [5.74, 6) is 0. The quantitative estimate of drug-likeness (QED) is 0.622. The van der Waals surface area contributed by atoms with Crippen LogP contribution in [0.2, 0.25) is 0 Å². The molecule has 16 heavy (non-hydrogen) atoms. The molecule has 0 bridgehead atoms. The van der Waals surface area contributed by atoms with Crippen molar-refractivity contribution in [2.75, 3.05) is 0 Å². The van der Waals surface area contributed by atoms with E-state index in [1.54, 1.807) is 0 Å². The minimum atomic E-state index is 0.600. The van der Waals surface area contributed by atoms with Crippen molar-refractivity contribution in [1.29, 1.82) is 0 Å². The van der Waals surface area contributed by atoms with Crippen LogP contribution in [-0.4, -0.2) is 16.5 Å². The van der Waals surface area contributed by atoms with E-state index >= 15 is 0 Å². The van der Waals surface area contributed by atoms with E-state index in [2.05, 4.69) is 23.2 Å². The molecule has 1 heterocycles. The highest BCUT2D eigenvalue weighted by molar-refractivity contribution is 5.86. The van der Waals surface area contributed by atoms with Crippen LogP contribution in [0.1, 0.15) is 50.2 Å². The summed E-state index contributed by atoms with van der Waals surface area (Å²) in [5, 5.41) is 6.67. The van der Waals surface area contributed by atoms with Crippen molar-refractivity contribution in [3.63, 3.8) is 0 Å². The molecule has 0 aromatic carbocycles. The third-order valence-electron chi connectivity index (χ3n) is 1.85. The molecule has 0 radical (unpaired) electrons. The summed E-state index contributed by atoms with van der Waals surface area (Å²) < 4.78 is 0. The van der Waals surface area contributed by atoms with Crippen molar-refractivity contribution in [2.45, 2.75) is 34.1 Å². The number of carbonyl (C=O) groups is 1.